The lowest BCUT2D eigenvalue weighted by Crippen LogP contribution is -2.41. The molecule has 0 bridgehead atoms. The molecular formula is C15H23N3. The molecule has 0 amide bonds. The number of piperidine rings is 1. The van der Waals surface area contributed by atoms with E-state index in [4.69, 9.17) is 0 Å². The zero-order valence-electron chi connectivity index (χ0n) is 11.2. The van der Waals surface area contributed by atoms with E-state index in [1.807, 2.05) is 12.3 Å². The van der Waals surface area contributed by atoms with Crippen LogP contribution in [0.25, 0.3) is 0 Å². The third-order valence-electron chi connectivity index (χ3n) is 4.49. The molecule has 2 saturated heterocycles. The largest absolute Gasteiger partial charge is 0.356 e. The second kappa shape index (κ2) is 5.27. The third-order valence-corrected chi connectivity index (χ3v) is 4.49. The van der Waals surface area contributed by atoms with Crippen LogP contribution in [0, 0.1) is 12.8 Å². The molecule has 0 aromatic carbocycles. The number of anilines is 1. The number of rotatable bonds is 2. The Bertz CT molecular complexity index is 390. The van der Waals surface area contributed by atoms with Gasteiger partial charge in [0.2, 0.25) is 0 Å². The molecule has 1 aromatic heterocycles. The fraction of sp³-hybridized carbons (Fsp3) is 0.667. The first-order chi connectivity index (χ1) is 8.84. The van der Waals surface area contributed by atoms with Crippen molar-refractivity contribution in [2.24, 2.45) is 5.92 Å². The van der Waals surface area contributed by atoms with Crippen LogP contribution < -0.4 is 10.2 Å². The fourth-order valence-corrected chi connectivity index (χ4v) is 3.44. The Morgan fingerprint density at radius 2 is 2.11 bits per heavy atom. The molecule has 3 heterocycles. The number of pyridine rings is 1. The highest BCUT2D eigenvalue weighted by Gasteiger charge is 2.28. The monoisotopic (exact) mass is 245 g/mol. The molecule has 0 radical (unpaired) electrons. The normalized spacial score (nSPS) is 25.6. The van der Waals surface area contributed by atoms with Crippen molar-refractivity contribution in [2.75, 3.05) is 24.5 Å². The summed E-state index contributed by atoms with van der Waals surface area (Å²) in [5.41, 5.74) is 1.30. The Hall–Kier alpha value is -1.09. The van der Waals surface area contributed by atoms with Gasteiger partial charge in [0, 0.05) is 25.3 Å². The Kier molecular flexibility index (Phi) is 3.50. The Morgan fingerprint density at radius 3 is 2.78 bits per heavy atom. The van der Waals surface area contributed by atoms with Crippen LogP contribution in [-0.2, 0) is 0 Å². The highest BCUT2D eigenvalue weighted by atomic mass is 15.2. The van der Waals surface area contributed by atoms with Crippen LogP contribution in [0.5, 0.6) is 0 Å². The summed E-state index contributed by atoms with van der Waals surface area (Å²) in [5, 5.41) is 3.66. The van der Waals surface area contributed by atoms with Crippen molar-refractivity contribution in [2.45, 2.75) is 38.6 Å². The zero-order valence-corrected chi connectivity index (χ0v) is 11.2. The first kappa shape index (κ1) is 12.0. The smallest absolute Gasteiger partial charge is 0.131 e. The van der Waals surface area contributed by atoms with Gasteiger partial charge in [0.25, 0.3) is 0 Å². The Labute approximate surface area is 110 Å². The summed E-state index contributed by atoms with van der Waals surface area (Å²) in [6.45, 7) is 5.72. The molecule has 0 aliphatic carbocycles. The van der Waals surface area contributed by atoms with Crippen LogP contribution in [0.15, 0.2) is 18.3 Å². The maximum Gasteiger partial charge on any atom is 0.131 e. The van der Waals surface area contributed by atoms with E-state index >= 15 is 0 Å². The first-order valence-electron chi connectivity index (χ1n) is 7.24. The van der Waals surface area contributed by atoms with Gasteiger partial charge in [-0.15, -0.1) is 0 Å². The number of nitrogens with one attached hydrogen (secondary N) is 1. The van der Waals surface area contributed by atoms with Crippen molar-refractivity contribution < 1.29 is 0 Å². The van der Waals surface area contributed by atoms with Gasteiger partial charge in [-0.25, -0.2) is 4.98 Å². The lowest BCUT2D eigenvalue weighted by atomic mass is 9.88. The maximum absolute atomic E-state index is 4.53. The van der Waals surface area contributed by atoms with Crippen molar-refractivity contribution in [3.63, 3.8) is 0 Å². The van der Waals surface area contributed by atoms with Gasteiger partial charge < -0.3 is 10.2 Å². The van der Waals surface area contributed by atoms with Crippen molar-refractivity contribution in [3.05, 3.63) is 23.9 Å². The van der Waals surface area contributed by atoms with Crippen LogP contribution in [0.1, 0.15) is 31.2 Å². The van der Waals surface area contributed by atoms with E-state index in [2.05, 4.69) is 28.2 Å². The molecule has 1 N–H and O–H groups in total. The highest BCUT2D eigenvalue weighted by molar-refractivity contribution is 5.46. The number of nitrogens with zero attached hydrogens (tertiary/aromatic N) is 2. The summed E-state index contributed by atoms with van der Waals surface area (Å²) >= 11 is 0. The van der Waals surface area contributed by atoms with Crippen LogP contribution in [0.4, 0.5) is 5.82 Å². The van der Waals surface area contributed by atoms with Crippen LogP contribution in [-0.4, -0.2) is 30.7 Å². The third kappa shape index (κ3) is 2.37. The summed E-state index contributed by atoms with van der Waals surface area (Å²) in [6.07, 6.45) is 7.28. The number of aromatic nitrogens is 1. The van der Waals surface area contributed by atoms with E-state index in [1.54, 1.807) is 0 Å². The number of hydrogen-bond donors (Lipinski definition) is 1. The summed E-state index contributed by atoms with van der Waals surface area (Å²) in [5.74, 6) is 2.07. The minimum absolute atomic E-state index is 0.789. The van der Waals surface area contributed by atoms with Gasteiger partial charge >= 0.3 is 0 Å². The molecule has 0 spiro atoms. The van der Waals surface area contributed by atoms with Crippen molar-refractivity contribution >= 4 is 5.82 Å². The number of aryl methyl sites for hydroxylation is 1. The molecule has 2 fully saturated rings. The minimum Gasteiger partial charge on any atom is -0.356 e. The first-order valence-corrected chi connectivity index (χ1v) is 7.24. The van der Waals surface area contributed by atoms with Gasteiger partial charge in [-0.05, 0) is 56.7 Å². The Morgan fingerprint density at radius 1 is 1.28 bits per heavy atom. The second-order valence-electron chi connectivity index (χ2n) is 5.67. The van der Waals surface area contributed by atoms with Gasteiger partial charge in [-0.2, -0.15) is 0 Å². The van der Waals surface area contributed by atoms with E-state index in [9.17, 15) is 0 Å². The van der Waals surface area contributed by atoms with Crippen molar-refractivity contribution in [1.82, 2.24) is 10.3 Å². The van der Waals surface area contributed by atoms with E-state index in [0.717, 1.165) is 12.0 Å². The highest BCUT2D eigenvalue weighted by Crippen LogP contribution is 2.28. The average Bonchev–Trinajstić information content (AvgIpc) is 2.94. The second-order valence-corrected chi connectivity index (χ2v) is 5.67. The standard InChI is InChI=1S/C15H23N3/c1-12-4-2-9-17-15(12)18-10-6-13(7-11-18)14-5-3-8-16-14/h2,4,9,13-14,16H,3,5-8,10-11H2,1H3. The molecule has 1 unspecified atom stereocenters. The molecule has 1 atom stereocenters. The van der Waals surface area contributed by atoms with Crippen LogP contribution in [0.3, 0.4) is 0 Å². The van der Waals surface area contributed by atoms with Crippen LogP contribution >= 0.6 is 0 Å². The zero-order chi connectivity index (χ0) is 12.4. The Balaban J connectivity index is 1.61. The molecule has 1 aromatic rings. The van der Waals surface area contributed by atoms with Crippen molar-refractivity contribution in [1.29, 1.82) is 0 Å². The van der Waals surface area contributed by atoms with Gasteiger partial charge in [0.05, 0.1) is 0 Å². The summed E-state index contributed by atoms with van der Waals surface area (Å²) < 4.78 is 0. The lowest BCUT2D eigenvalue weighted by molar-refractivity contribution is 0.318. The SMILES string of the molecule is Cc1cccnc1N1CCC(C2CCCN2)CC1. The maximum atomic E-state index is 4.53. The summed E-state index contributed by atoms with van der Waals surface area (Å²) in [6, 6.07) is 4.97. The summed E-state index contributed by atoms with van der Waals surface area (Å²) in [7, 11) is 0. The van der Waals surface area contributed by atoms with E-state index in [1.165, 1.54) is 56.7 Å². The molecule has 98 valence electrons. The quantitative estimate of drug-likeness (QED) is 0.867. The average molecular weight is 245 g/mol. The van der Waals surface area contributed by atoms with E-state index in [0.29, 0.717) is 0 Å². The van der Waals surface area contributed by atoms with Gasteiger partial charge in [-0.1, -0.05) is 6.07 Å². The molecule has 0 saturated carbocycles. The molecule has 3 nitrogen and oxygen atoms in total. The lowest BCUT2D eigenvalue weighted by Gasteiger charge is -2.36. The number of hydrogen-bond acceptors (Lipinski definition) is 3. The minimum atomic E-state index is 0.789. The molecular weight excluding hydrogens is 222 g/mol. The topological polar surface area (TPSA) is 28.2 Å². The molecule has 2 aliphatic rings. The van der Waals surface area contributed by atoms with Crippen molar-refractivity contribution in [3.8, 4) is 0 Å². The van der Waals surface area contributed by atoms with Gasteiger partial charge in [0.15, 0.2) is 0 Å². The molecule has 2 aliphatic heterocycles. The fourth-order valence-electron chi connectivity index (χ4n) is 3.44. The molecule has 3 heteroatoms. The van der Waals surface area contributed by atoms with Gasteiger partial charge in [-0.3, -0.25) is 0 Å². The van der Waals surface area contributed by atoms with E-state index < -0.39 is 0 Å². The van der Waals surface area contributed by atoms with E-state index in [-0.39, 0.29) is 0 Å². The predicted molar refractivity (Wildman–Crippen MR) is 74.9 cm³/mol. The van der Waals surface area contributed by atoms with Crippen LogP contribution in [0.2, 0.25) is 0 Å². The van der Waals surface area contributed by atoms with Gasteiger partial charge in [0.1, 0.15) is 5.82 Å². The molecule has 3 rings (SSSR count). The predicted octanol–water partition coefficient (Wildman–Crippen LogP) is 2.36. The molecule has 18 heavy (non-hydrogen) atoms. The summed E-state index contributed by atoms with van der Waals surface area (Å²) in [4.78, 5) is 6.99.